The number of ether oxygens (including phenoxy) is 2. The Morgan fingerprint density at radius 2 is 1.64 bits per heavy atom. The van der Waals surface area contributed by atoms with Crippen molar-refractivity contribution in [3.8, 4) is 11.5 Å². The molecule has 1 amide bonds. The van der Waals surface area contributed by atoms with Gasteiger partial charge in [0.15, 0.2) is 11.5 Å². The Bertz CT molecular complexity index is 327. The lowest BCUT2D eigenvalue weighted by atomic mass is 10.3. The molecule has 0 aliphatic rings. The molecule has 74 valence electrons. The summed E-state index contributed by atoms with van der Waals surface area (Å²) in [5.74, 6) is -0.209. The fraction of sp³-hybridized carbons (Fsp3) is 0.111. The van der Waals surface area contributed by atoms with Crippen LogP contribution < -0.4 is 15.2 Å². The summed E-state index contributed by atoms with van der Waals surface area (Å²) < 4.78 is 9.38. The lowest BCUT2D eigenvalue weighted by Crippen LogP contribution is -2.17. The van der Waals surface area contributed by atoms with Crippen LogP contribution in [0.15, 0.2) is 24.3 Å². The molecule has 0 heterocycles. The van der Waals surface area contributed by atoms with Crippen LogP contribution in [0.4, 0.5) is 4.79 Å². The van der Waals surface area contributed by atoms with Crippen LogP contribution >= 0.6 is 0 Å². The molecule has 2 N–H and O–H groups in total. The molecular weight excluding hydrogens is 186 g/mol. The predicted molar refractivity (Wildman–Crippen MR) is 48.0 cm³/mol. The maximum Gasteiger partial charge on any atom is 0.410 e. The minimum absolute atomic E-state index is 0.121. The van der Waals surface area contributed by atoms with Gasteiger partial charge in [0.25, 0.3) is 0 Å². The smallest absolute Gasteiger partial charge is 0.410 e. The van der Waals surface area contributed by atoms with Crippen molar-refractivity contribution in [1.29, 1.82) is 0 Å². The van der Waals surface area contributed by atoms with Crippen molar-refractivity contribution < 1.29 is 19.1 Å². The van der Waals surface area contributed by atoms with Crippen molar-refractivity contribution >= 4 is 12.1 Å². The molecule has 0 fully saturated rings. The van der Waals surface area contributed by atoms with Crippen LogP contribution in [0, 0.1) is 0 Å². The summed E-state index contributed by atoms with van der Waals surface area (Å²) >= 11 is 0. The summed E-state index contributed by atoms with van der Waals surface area (Å²) in [4.78, 5) is 21.1. The number of para-hydroxylation sites is 2. The molecule has 0 aliphatic heterocycles. The monoisotopic (exact) mass is 195 g/mol. The minimum atomic E-state index is -0.954. The Kier molecular flexibility index (Phi) is 3.06. The average molecular weight is 195 g/mol. The summed E-state index contributed by atoms with van der Waals surface area (Å²) in [5.41, 5.74) is 4.82. The van der Waals surface area contributed by atoms with Gasteiger partial charge in [-0.05, 0) is 12.1 Å². The fourth-order valence-electron chi connectivity index (χ4n) is 0.882. The van der Waals surface area contributed by atoms with E-state index >= 15 is 0 Å². The van der Waals surface area contributed by atoms with Gasteiger partial charge in [-0.1, -0.05) is 12.1 Å². The maximum atomic E-state index is 10.7. The zero-order valence-electron chi connectivity index (χ0n) is 7.52. The van der Waals surface area contributed by atoms with Gasteiger partial charge in [0.05, 0.1) is 0 Å². The maximum absolute atomic E-state index is 10.7. The van der Waals surface area contributed by atoms with E-state index in [1.165, 1.54) is 19.1 Å². The molecule has 0 aliphatic carbocycles. The van der Waals surface area contributed by atoms with Gasteiger partial charge in [-0.15, -0.1) is 0 Å². The van der Waals surface area contributed by atoms with Gasteiger partial charge in [0.1, 0.15) is 0 Å². The Balaban J connectivity index is 2.90. The van der Waals surface area contributed by atoms with Crippen LogP contribution in [-0.2, 0) is 4.79 Å². The summed E-state index contributed by atoms with van der Waals surface area (Å²) in [5, 5.41) is 0. The summed E-state index contributed by atoms with van der Waals surface area (Å²) in [6.07, 6.45) is -0.954. The van der Waals surface area contributed by atoms with Gasteiger partial charge in [-0.3, -0.25) is 4.79 Å². The number of benzene rings is 1. The van der Waals surface area contributed by atoms with Crippen molar-refractivity contribution in [2.75, 3.05) is 0 Å². The Hall–Kier alpha value is -2.04. The number of hydrogen-bond donors (Lipinski definition) is 1. The summed E-state index contributed by atoms with van der Waals surface area (Å²) in [6.45, 7) is 1.25. The van der Waals surface area contributed by atoms with Gasteiger partial charge in [0, 0.05) is 6.92 Å². The van der Waals surface area contributed by atoms with E-state index in [0.29, 0.717) is 0 Å². The molecule has 0 unspecified atom stereocenters. The highest BCUT2D eigenvalue weighted by atomic mass is 16.6. The lowest BCUT2D eigenvalue weighted by molar-refractivity contribution is -0.132. The zero-order valence-corrected chi connectivity index (χ0v) is 7.52. The molecule has 0 atom stereocenters. The fourth-order valence-corrected chi connectivity index (χ4v) is 0.882. The van der Waals surface area contributed by atoms with E-state index in [9.17, 15) is 9.59 Å². The van der Waals surface area contributed by atoms with Crippen molar-refractivity contribution in [2.45, 2.75) is 6.92 Å². The zero-order chi connectivity index (χ0) is 10.6. The van der Waals surface area contributed by atoms with E-state index in [2.05, 4.69) is 4.74 Å². The number of carbonyl (C=O) groups excluding carboxylic acids is 2. The van der Waals surface area contributed by atoms with Gasteiger partial charge >= 0.3 is 12.1 Å². The molecule has 0 aromatic heterocycles. The van der Waals surface area contributed by atoms with Crippen LogP contribution in [0.3, 0.4) is 0 Å². The van der Waals surface area contributed by atoms with Crippen LogP contribution in [0.1, 0.15) is 6.92 Å². The number of amides is 1. The number of esters is 1. The van der Waals surface area contributed by atoms with Crippen LogP contribution in [0.5, 0.6) is 11.5 Å². The molecule has 5 nitrogen and oxygen atoms in total. The number of nitrogens with two attached hydrogens (primary N) is 1. The molecule has 0 bridgehead atoms. The molecule has 0 spiro atoms. The number of hydrogen-bond acceptors (Lipinski definition) is 4. The van der Waals surface area contributed by atoms with Crippen molar-refractivity contribution in [3.63, 3.8) is 0 Å². The van der Waals surface area contributed by atoms with Gasteiger partial charge < -0.3 is 15.2 Å². The van der Waals surface area contributed by atoms with Crippen molar-refractivity contribution in [1.82, 2.24) is 0 Å². The molecule has 14 heavy (non-hydrogen) atoms. The summed E-state index contributed by atoms with van der Waals surface area (Å²) in [7, 11) is 0. The topological polar surface area (TPSA) is 78.6 Å². The Morgan fingerprint density at radius 3 is 2.07 bits per heavy atom. The highest BCUT2D eigenvalue weighted by Crippen LogP contribution is 2.26. The second-order valence-corrected chi connectivity index (χ2v) is 2.46. The van der Waals surface area contributed by atoms with E-state index in [0.717, 1.165) is 0 Å². The highest BCUT2D eigenvalue weighted by molar-refractivity contribution is 5.72. The molecule has 0 saturated carbocycles. The van der Waals surface area contributed by atoms with Gasteiger partial charge in [-0.2, -0.15) is 0 Å². The predicted octanol–water partition coefficient (Wildman–Crippen LogP) is 1.07. The van der Waals surface area contributed by atoms with E-state index in [4.69, 9.17) is 10.5 Å². The van der Waals surface area contributed by atoms with Crippen LogP contribution in [-0.4, -0.2) is 12.1 Å². The number of carbonyl (C=O) groups is 2. The van der Waals surface area contributed by atoms with Gasteiger partial charge in [0.2, 0.25) is 0 Å². The van der Waals surface area contributed by atoms with Crippen molar-refractivity contribution in [2.24, 2.45) is 5.73 Å². The highest BCUT2D eigenvalue weighted by Gasteiger charge is 2.08. The molecule has 1 aromatic rings. The first-order chi connectivity index (χ1) is 6.59. The number of primary amides is 1. The third kappa shape index (κ3) is 2.78. The second-order valence-electron chi connectivity index (χ2n) is 2.46. The standard InChI is InChI=1S/C9H9NO4/c1-6(11)13-7-4-2-3-5-8(7)14-9(10)12/h2-5H,1H3,(H2,10,12). The first-order valence-corrected chi connectivity index (χ1v) is 3.84. The minimum Gasteiger partial charge on any atom is -0.423 e. The first-order valence-electron chi connectivity index (χ1n) is 3.84. The second kappa shape index (κ2) is 4.27. The lowest BCUT2D eigenvalue weighted by Gasteiger charge is -2.06. The van der Waals surface area contributed by atoms with Crippen LogP contribution in [0.2, 0.25) is 0 Å². The molecule has 1 aromatic carbocycles. The molecule has 1 rings (SSSR count). The quantitative estimate of drug-likeness (QED) is 0.565. The molecule has 0 radical (unpaired) electrons. The first kappa shape index (κ1) is 10.0. The van der Waals surface area contributed by atoms with Crippen LogP contribution in [0.25, 0.3) is 0 Å². The molecule has 5 heteroatoms. The molecular formula is C9H9NO4. The van der Waals surface area contributed by atoms with Gasteiger partial charge in [-0.25, -0.2) is 4.79 Å². The van der Waals surface area contributed by atoms with Crippen molar-refractivity contribution in [3.05, 3.63) is 24.3 Å². The number of rotatable bonds is 2. The Labute approximate surface area is 80.4 Å². The SMILES string of the molecule is CC(=O)Oc1ccccc1OC(N)=O. The normalized spacial score (nSPS) is 9.21. The third-order valence-electron chi connectivity index (χ3n) is 1.31. The Morgan fingerprint density at radius 1 is 1.14 bits per heavy atom. The average Bonchev–Trinajstić information content (AvgIpc) is 2.06. The van der Waals surface area contributed by atoms with E-state index < -0.39 is 12.1 Å². The van der Waals surface area contributed by atoms with E-state index in [-0.39, 0.29) is 11.5 Å². The summed E-state index contributed by atoms with van der Waals surface area (Å²) in [6, 6.07) is 6.25. The molecule has 0 saturated heterocycles. The van der Waals surface area contributed by atoms with E-state index in [1.54, 1.807) is 12.1 Å². The largest absolute Gasteiger partial charge is 0.423 e. The van der Waals surface area contributed by atoms with E-state index in [1.807, 2.05) is 0 Å². The third-order valence-corrected chi connectivity index (χ3v) is 1.31.